The zero-order chi connectivity index (χ0) is 17.6. The number of fused-ring (bicyclic) bond motifs is 1. The van der Waals surface area contributed by atoms with E-state index in [1.54, 1.807) is 12.1 Å². The van der Waals surface area contributed by atoms with Crippen molar-refractivity contribution in [2.24, 2.45) is 0 Å². The van der Waals surface area contributed by atoms with Crippen molar-refractivity contribution in [1.82, 2.24) is 0 Å². The molecule has 0 atom stereocenters. The van der Waals surface area contributed by atoms with E-state index in [0.29, 0.717) is 37.2 Å². The molecule has 0 radical (unpaired) electrons. The van der Waals surface area contributed by atoms with Gasteiger partial charge in [-0.05, 0) is 48.7 Å². The molecular formula is C19H21N3O3. The summed E-state index contributed by atoms with van der Waals surface area (Å²) in [6.07, 6.45) is 2.18. The summed E-state index contributed by atoms with van der Waals surface area (Å²) in [5, 5.41) is 5.63. The van der Waals surface area contributed by atoms with Crippen molar-refractivity contribution in [2.75, 3.05) is 23.0 Å². The molecule has 2 aromatic carbocycles. The maximum atomic E-state index is 11.9. The van der Waals surface area contributed by atoms with E-state index in [-0.39, 0.29) is 11.8 Å². The molecule has 1 aliphatic heterocycles. The number of hydrogen-bond acceptors (Lipinski definition) is 4. The Balaban J connectivity index is 1.43. The highest BCUT2D eigenvalue weighted by atomic mass is 16.5. The highest BCUT2D eigenvalue weighted by Gasteiger charge is 2.15. The van der Waals surface area contributed by atoms with Crippen molar-refractivity contribution in [3.8, 4) is 5.75 Å². The molecule has 2 aromatic rings. The van der Waals surface area contributed by atoms with Gasteiger partial charge < -0.3 is 21.1 Å². The van der Waals surface area contributed by atoms with Gasteiger partial charge in [0.15, 0.2) is 0 Å². The van der Waals surface area contributed by atoms with Crippen molar-refractivity contribution in [1.29, 1.82) is 0 Å². The predicted octanol–water partition coefficient (Wildman–Crippen LogP) is 2.95. The summed E-state index contributed by atoms with van der Waals surface area (Å²) in [7, 11) is 0. The van der Waals surface area contributed by atoms with Gasteiger partial charge >= 0.3 is 0 Å². The first-order chi connectivity index (χ1) is 12.1. The van der Waals surface area contributed by atoms with Crippen LogP contribution in [0.4, 0.5) is 17.1 Å². The maximum Gasteiger partial charge on any atom is 0.224 e. The molecule has 0 fully saturated rings. The van der Waals surface area contributed by atoms with Gasteiger partial charge in [-0.3, -0.25) is 9.59 Å². The number of anilines is 3. The normalized spacial score (nSPS) is 12.9. The molecule has 130 valence electrons. The SMILES string of the molecule is Nc1ccccc1NC(=O)CCCOc1ccc2c(c1)CCC(=O)N2. The Kier molecular flexibility index (Phi) is 5.18. The monoisotopic (exact) mass is 339 g/mol. The lowest BCUT2D eigenvalue weighted by atomic mass is 10.0. The minimum absolute atomic E-state index is 0.0474. The van der Waals surface area contributed by atoms with E-state index in [2.05, 4.69) is 10.6 Å². The topological polar surface area (TPSA) is 93.4 Å². The van der Waals surface area contributed by atoms with E-state index in [1.807, 2.05) is 30.3 Å². The smallest absolute Gasteiger partial charge is 0.224 e. The summed E-state index contributed by atoms with van der Waals surface area (Å²) in [6.45, 7) is 0.447. The Labute approximate surface area is 146 Å². The van der Waals surface area contributed by atoms with Crippen LogP contribution in [0.5, 0.6) is 5.75 Å². The lowest BCUT2D eigenvalue weighted by molar-refractivity contribution is -0.117. The number of nitrogen functional groups attached to an aromatic ring is 1. The number of rotatable bonds is 6. The Morgan fingerprint density at radius 3 is 2.88 bits per heavy atom. The van der Waals surface area contributed by atoms with Gasteiger partial charge in [-0.1, -0.05) is 12.1 Å². The molecule has 1 aliphatic rings. The molecule has 6 heteroatoms. The summed E-state index contributed by atoms with van der Waals surface area (Å²) < 4.78 is 5.71. The lowest BCUT2D eigenvalue weighted by Gasteiger charge is -2.17. The van der Waals surface area contributed by atoms with Crippen LogP contribution >= 0.6 is 0 Å². The summed E-state index contributed by atoms with van der Waals surface area (Å²) in [4.78, 5) is 23.3. The van der Waals surface area contributed by atoms with E-state index in [9.17, 15) is 9.59 Å². The summed E-state index contributed by atoms with van der Waals surface area (Å²) in [5.41, 5.74) is 8.91. The van der Waals surface area contributed by atoms with Crippen molar-refractivity contribution in [2.45, 2.75) is 25.7 Å². The second-order valence-electron chi connectivity index (χ2n) is 5.95. The van der Waals surface area contributed by atoms with Crippen LogP contribution in [0, 0.1) is 0 Å². The average molecular weight is 339 g/mol. The van der Waals surface area contributed by atoms with Crippen LogP contribution in [-0.4, -0.2) is 18.4 Å². The first-order valence-electron chi connectivity index (χ1n) is 8.32. The molecule has 0 saturated carbocycles. The number of benzene rings is 2. The zero-order valence-corrected chi connectivity index (χ0v) is 13.9. The number of ether oxygens (including phenoxy) is 1. The van der Waals surface area contributed by atoms with Crippen LogP contribution < -0.4 is 21.1 Å². The average Bonchev–Trinajstić information content (AvgIpc) is 2.61. The molecule has 3 rings (SSSR count). The molecular weight excluding hydrogens is 318 g/mol. The molecule has 6 nitrogen and oxygen atoms in total. The van der Waals surface area contributed by atoms with Gasteiger partial charge in [0.2, 0.25) is 11.8 Å². The third kappa shape index (κ3) is 4.50. The number of aryl methyl sites for hydroxylation is 1. The number of hydrogen-bond donors (Lipinski definition) is 3. The Bertz CT molecular complexity index is 789. The number of nitrogens with two attached hydrogens (primary N) is 1. The van der Waals surface area contributed by atoms with Crippen LogP contribution in [0.3, 0.4) is 0 Å². The molecule has 25 heavy (non-hydrogen) atoms. The van der Waals surface area contributed by atoms with E-state index in [1.165, 1.54) is 0 Å². The van der Waals surface area contributed by atoms with Crippen LogP contribution in [0.1, 0.15) is 24.8 Å². The molecule has 1 heterocycles. The number of para-hydroxylation sites is 2. The largest absolute Gasteiger partial charge is 0.494 e. The van der Waals surface area contributed by atoms with E-state index in [4.69, 9.17) is 10.5 Å². The minimum Gasteiger partial charge on any atom is -0.494 e. The Hall–Kier alpha value is -3.02. The highest BCUT2D eigenvalue weighted by Crippen LogP contribution is 2.26. The standard InChI is InChI=1S/C19H21N3O3/c20-15-4-1-2-5-17(15)22-18(23)6-3-11-25-14-8-9-16-13(12-14)7-10-19(24)21-16/h1-2,4-5,8-9,12H,3,6-7,10-11,20H2,(H,21,24)(H,22,23). The van der Waals surface area contributed by atoms with Crippen molar-refractivity contribution < 1.29 is 14.3 Å². The van der Waals surface area contributed by atoms with Gasteiger partial charge in [-0.2, -0.15) is 0 Å². The molecule has 0 bridgehead atoms. The molecule has 0 spiro atoms. The fraction of sp³-hybridized carbons (Fsp3) is 0.263. The van der Waals surface area contributed by atoms with Crippen molar-refractivity contribution in [3.05, 3.63) is 48.0 Å². The van der Waals surface area contributed by atoms with Gasteiger partial charge in [0, 0.05) is 18.5 Å². The molecule has 0 unspecified atom stereocenters. The lowest BCUT2D eigenvalue weighted by Crippen LogP contribution is -2.18. The zero-order valence-electron chi connectivity index (χ0n) is 13.9. The third-order valence-electron chi connectivity index (χ3n) is 4.02. The number of carbonyl (C=O) groups excluding carboxylic acids is 2. The van der Waals surface area contributed by atoms with Crippen LogP contribution in [-0.2, 0) is 16.0 Å². The molecule has 2 amide bonds. The van der Waals surface area contributed by atoms with Crippen LogP contribution in [0.2, 0.25) is 0 Å². The van der Waals surface area contributed by atoms with Gasteiger partial charge in [-0.15, -0.1) is 0 Å². The first-order valence-corrected chi connectivity index (χ1v) is 8.32. The summed E-state index contributed by atoms with van der Waals surface area (Å²) in [6, 6.07) is 12.8. The Morgan fingerprint density at radius 2 is 2.04 bits per heavy atom. The summed E-state index contributed by atoms with van der Waals surface area (Å²) in [5.74, 6) is 0.712. The maximum absolute atomic E-state index is 11.9. The van der Waals surface area contributed by atoms with Crippen LogP contribution in [0.25, 0.3) is 0 Å². The number of carbonyl (C=O) groups is 2. The van der Waals surface area contributed by atoms with E-state index in [0.717, 1.165) is 23.4 Å². The van der Waals surface area contributed by atoms with Crippen molar-refractivity contribution >= 4 is 28.9 Å². The van der Waals surface area contributed by atoms with Crippen molar-refractivity contribution in [3.63, 3.8) is 0 Å². The minimum atomic E-state index is -0.0883. The van der Waals surface area contributed by atoms with Crippen LogP contribution in [0.15, 0.2) is 42.5 Å². The molecule has 0 aromatic heterocycles. The fourth-order valence-corrected chi connectivity index (χ4v) is 2.70. The second kappa shape index (κ2) is 7.70. The third-order valence-corrected chi connectivity index (χ3v) is 4.02. The quantitative estimate of drug-likeness (QED) is 0.557. The summed E-state index contributed by atoms with van der Waals surface area (Å²) >= 11 is 0. The predicted molar refractivity (Wildman–Crippen MR) is 97.6 cm³/mol. The number of amides is 2. The second-order valence-corrected chi connectivity index (χ2v) is 5.95. The Morgan fingerprint density at radius 1 is 1.20 bits per heavy atom. The highest BCUT2D eigenvalue weighted by molar-refractivity contribution is 5.94. The van der Waals surface area contributed by atoms with E-state index >= 15 is 0 Å². The molecule has 0 aliphatic carbocycles. The first kappa shape index (κ1) is 16.8. The molecule has 4 N–H and O–H groups in total. The van der Waals surface area contributed by atoms with Gasteiger partial charge in [-0.25, -0.2) is 0 Å². The molecule has 0 saturated heterocycles. The van der Waals surface area contributed by atoms with E-state index < -0.39 is 0 Å². The van der Waals surface area contributed by atoms with Gasteiger partial charge in [0.25, 0.3) is 0 Å². The van der Waals surface area contributed by atoms with Gasteiger partial charge in [0.05, 0.1) is 18.0 Å². The fourth-order valence-electron chi connectivity index (χ4n) is 2.70. The number of nitrogens with one attached hydrogen (secondary N) is 2. The van der Waals surface area contributed by atoms with Gasteiger partial charge in [0.1, 0.15) is 5.75 Å².